The summed E-state index contributed by atoms with van der Waals surface area (Å²) in [5, 5.41) is 9.56. The second-order valence-electron chi connectivity index (χ2n) is 3.20. The number of aliphatic hydroxyl groups is 1. The van der Waals surface area contributed by atoms with E-state index in [4.69, 9.17) is 0 Å². The van der Waals surface area contributed by atoms with Crippen LogP contribution in [0.4, 0.5) is 0 Å². The first-order valence-corrected chi connectivity index (χ1v) is 4.32. The molecule has 0 fully saturated rings. The fourth-order valence-corrected chi connectivity index (χ4v) is 1.11. The molecule has 0 saturated heterocycles. The van der Waals surface area contributed by atoms with Gasteiger partial charge in [-0.15, -0.1) is 0 Å². The summed E-state index contributed by atoms with van der Waals surface area (Å²) in [6, 6.07) is 0. The van der Waals surface area contributed by atoms with Gasteiger partial charge in [-0.05, 0) is 32.1 Å². The summed E-state index contributed by atoms with van der Waals surface area (Å²) < 4.78 is 4.67. The minimum atomic E-state index is -1.25. The van der Waals surface area contributed by atoms with Gasteiger partial charge in [-0.1, -0.05) is 0 Å². The number of carbonyl (C=O) groups is 2. The number of ether oxygens (including phenoxy) is 1. The molecule has 0 bridgehead atoms. The molecule has 0 aliphatic heterocycles. The number of hydrogen-bond acceptors (Lipinski definition) is 4. The summed E-state index contributed by atoms with van der Waals surface area (Å²) in [6.45, 7) is 3.34. The quantitative estimate of drug-likeness (QED) is 0.511. The lowest BCUT2D eigenvalue weighted by Crippen LogP contribution is -2.27. The van der Waals surface area contributed by atoms with Crippen LogP contribution in [0.15, 0.2) is 23.8 Å². The van der Waals surface area contributed by atoms with Crippen molar-refractivity contribution >= 4 is 11.8 Å². The number of allylic oxidation sites excluding steroid dienone is 1. The van der Waals surface area contributed by atoms with Crippen LogP contribution in [0.5, 0.6) is 0 Å². The molecule has 1 rings (SSSR count). The lowest BCUT2D eigenvalue weighted by atomic mass is 9.94. The normalized spacial score (nSPS) is 25.9. The van der Waals surface area contributed by atoms with E-state index >= 15 is 0 Å². The van der Waals surface area contributed by atoms with Gasteiger partial charge in [-0.2, -0.15) is 0 Å². The van der Waals surface area contributed by atoms with E-state index in [0.717, 1.165) is 0 Å². The van der Waals surface area contributed by atoms with E-state index in [1.54, 1.807) is 6.92 Å². The van der Waals surface area contributed by atoms with Crippen molar-refractivity contribution in [2.75, 3.05) is 6.61 Å². The van der Waals surface area contributed by atoms with Crippen LogP contribution < -0.4 is 0 Å². The molecule has 4 heteroatoms. The fourth-order valence-electron chi connectivity index (χ4n) is 1.11. The van der Waals surface area contributed by atoms with Crippen molar-refractivity contribution in [2.24, 2.45) is 0 Å². The summed E-state index contributed by atoms with van der Waals surface area (Å²) >= 11 is 0. The average Bonchev–Trinajstić information content (AvgIpc) is 2.10. The third-order valence-corrected chi connectivity index (χ3v) is 1.77. The monoisotopic (exact) mass is 196 g/mol. The molecular weight excluding hydrogens is 184 g/mol. The molecule has 1 aliphatic rings. The van der Waals surface area contributed by atoms with E-state index in [2.05, 4.69) is 4.74 Å². The predicted octanol–water partition coefficient (Wildman–Crippen LogP) is 0.366. The highest BCUT2D eigenvalue weighted by atomic mass is 16.5. The summed E-state index contributed by atoms with van der Waals surface area (Å²) in [6.07, 6.45) is 3.71. The number of ketones is 1. The first kappa shape index (κ1) is 10.7. The molecule has 0 aromatic carbocycles. The predicted molar refractivity (Wildman–Crippen MR) is 49.5 cm³/mol. The van der Waals surface area contributed by atoms with E-state index in [9.17, 15) is 14.7 Å². The minimum absolute atomic E-state index is 0.112. The smallest absolute Gasteiger partial charge is 0.341 e. The zero-order chi connectivity index (χ0) is 10.8. The van der Waals surface area contributed by atoms with Crippen molar-refractivity contribution in [1.29, 1.82) is 0 Å². The van der Waals surface area contributed by atoms with Gasteiger partial charge in [0.05, 0.1) is 12.2 Å². The maximum Gasteiger partial charge on any atom is 0.341 e. The molecule has 4 nitrogen and oxygen atoms in total. The van der Waals surface area contributed by atoms with Crippen LogP contribution in [-0.2, 0) is 14.3 Å². The van der Waals surface area contributed by atoms with E-state index in [1.807, 2.05) is 0 Å². The first-order valence-electron chi connectivity index (χ1n) is 4.32. The van der Waals surface area contributed by atoms with Crippen LogP contribution in [0, 0.1) is 0 Å². The van der Waals surface area contributed by atoms with Crippen LogP contribution >= 0.6 is 0 Å². The maximum atomic E-state index is 11.2. The van der Waals surface area contributed by atoms with Crippen LogP contribution in [0.2, 0.25) is 0 Å². The highest BCUT2D eigenvalue weighted by Gasteiger charge is 2.27. The summed E-state index contributed by atoms with van der Waals surface area (Å²) in [5.74, 6) is -1.13. The fraction of sp³-hybridized carbons (Fsp3) is 0.400. The van der Waals surface area contributed by atoms with E-state index < -0.39 is 17.4 Å². The Bertz CT molecular complexity index is 323. The summed E-state index contributed by atoms with van der Waals surface area (Å²) in [7, 11) is 0. The Morgan fingerprint density at radius 3 is 2.86 bits per heavy atom. The van der Waals surface area contributed by atoms with Gasteiger partial charge >= 0.3 is 5.97 Å². The van der Waals surface area contributed by atoms with Crippen LogP contribution in [0.3, 0.4) is 0 Å². The molecule has 0 radical (unpaired) electrons. The van der Waals surface area contributed by atoms with Crippen molar-refractivity contribution < 1.29 is 19.4 Å². The zero-order valence-electron chi connectivity index (χ0n) is 8.11. The standard InChI is InChI=1S/C10H12O4/c1-3-14-9(12)7-6-10(2,13)5-4-8(7)11/h4-6,13H,3H2,1-2H3. The van der Waals surface area contributed by atoms with Crippen LogP contribution in [-0.4, -0.2) is 29.1 Å². The molecular formula is C10H12O4. The van der Waals surface area contributed by atoms with Gasteiger partial charge in [0.15, 0.2) is 5.78 Å². The van der Waals surface area contributed by atoms with Gasteiger partial charge in [0.1, 0.15) is 5.57 Å². The Labute approximate surface area is 81.9 Å². The van der Waals surface area contributed by atoms with Crippen LogP contribution in [0.1, 0.15) is 13.8 Å². The van der Waals surface area contributed by atoms with Gasteiger partial charge in [-0.3, -0.25) is 4.79 Å². The molecule has 0 saturated carbocycles. The molecule has 0 heterocycles. The van der Waals surface area contributed by atoms with Gasteiger partial charge < -0.3 is 9.84 Å². The van der Waals surface area contributed by atoms with E-state index in [1.165, 1.54) is 25.2 Å². The van der Waals surface area contributed by atoms with E-state index in [-0.39, 0.29) is 12.2 Å². The largest absolute Gasteiger partial charge is 0.462 e. The first-order chi connectivity index (χ1) is 6.46. The highest BCUT2D eigenvalue weighted by Crippen LogP contribution is 2.18. The van der Waals surface area contributed by atoms with E-state index in [0.29, 0.717) is 0 Å². The van der Waals surface area contributed by atoms with Crippen molar-refractivity contribution in [3.8, 4) is 0 Å². The minimum Gasteiger partial charge on any atom is -0.462 e. The molecule has 1 atom stereocenters. The van der Waals surface area contributed by atoms with Crippen molar-refractivity contribution in [3.63, 3.8) is 0 Å². The summed E-state index contributed by atoms with van der Waals surface area (Å²) in [4.78, 5) is 22.5. The molecule has 1 N–H and O–H groups in total. The topological polar surface area (TPSA) is 63.6 Å². The van der Waals surface area contributed by atoms with Crippen molar-refractivity contribution in [3.05, 3.63) is 23.8 Å². The Morgan fingerprint density at radius 1 is 1.64 bits per heavy atom. The molecule has 76 valence electrons. The molecule has 0 aromatic rings. The maximum absolute atomic E-state index is 11.2. The van der Waals surface area contributed by atoms with Crippen molar-refractivity contribution in [2.45, 2.75) is 19.4 Å². The third kappa shape index (κ3) is 2.29. The Hall–Kier alpha value is -1.42. The number of esters is 1. The molecule has 0 spiro atoms. The van der Waals surface area contributed by atoms with Gasteiger partial charge in [0.2, 0.25) is 0 Å². The highest BCUT2D eigenvalue weighted by molar-refractivity contribution is 6.22. The third-order valence-electron chi connectivity index (χ3n) is 1.77. The SMILES string of the molecule is CCOC(=O)C1=CC(C)(O)C=CC1=O. The lowest BCUT2D eigenvalue weighted by molar-refractivity contribution is -0.139. The number of rotatable bonds is 2. The number of hydrogen-bond donors (Lipinski definition) is 1. The van der Waals surface area contributed by atoms with Gasteiger partial charge in [0.25, 0.3) is 0 Å². The Kier molecular flexibility index (Phi) is 2.86. The molecule has 0 aromatic heterocycles. The van der Waals surface area contributed by atoms with Crippen LogP contribution in [0.25, 0.3) is 0 Å². The summed E-state index contributed by atoms with van der Waals surface area (Å²) in [5.41, 5.74) is -1.37. The number of carbonyl (C=O) groups excluding carboxylic acids is 2. The van der Waals surface area contributed by atoms with Crippen molar-refractivity contribution in [1.82, 2.24) is 0 Å². The molecule has 1 aliphatic carbocycles. The lowest BCUT2D eigenvalue weighted by Gasteiger charge is -2.18. The second kappa shape index (κ2) is 3.75. The Balaban J connectivity index is 2.92. The molecule has 1 unspecified atom stereocenters. The van der Waals surface area contributed by atoms with Gasteiger partial charge in [-0.25, -0.2) is 4.79 Å². The average molecular weight is 196 g/mol. The molecule has 14 heavy (non-hydrogen) atoms. The second-order valence-corrected chi connectivity index (χ2v) is 3.20. The molecule has 0 amide bonds. The Morgan fingerprint density at radius 2 is 2.29 bits per heavy atom. The zero-order valence-corrected chi connectivity index (χ0v) is 8.11. The van der Waals surface area contributed by atoms with Gasteiger partial charge in [0, 0.05) is 0 Å².